The van der Waals surface area contributed by atoms with Crippen LogP contribution in [0.5, 0.6) is 0 Å². The first kappa shape index (κ1) is 9.19. The van der Waals surface area contributed by atoms with Gasteiger partial charge >= 0.3 is 0 Å². The summed E-state index contributed by atoms with van der Waals surface area (Å²) in [5, 5.41) is 1.12. The molecule has 1 aliphatic carbocycles. The minimum absolute atomic E-state index is 0.0453. The van der Waals surface area contributed by atoms with Crippen LogP contribution < -0.4 is 0 Å². The van der Waals surface area contributed by atoms with Crippen LogP contribution in [-0.2, 0) is 14.4 Å². The van der Waals surface area contributed by atoms with Crippen molar-refractivity contribution >= 4 is 11.7 Å². The van der Waals surface area contributed by atoms with E-state index in [2.05, 4.69) is 0 Å². The van der Waals surface area contributed by atoms with E-state index in [9.17, 15) is 9.59 Å². The number of rotatable bonds is 2. The van der Waals surface area contributed by atoms with Crippen molar-refractivity contribution in [1.82, 2.24) is 5.06 Å². The molecule has 0 bridgehead atoms. The minimum Gasteiger partial charge on any atom is -0.299 e. The Balaban J connectivity index is 2.57. The maximum atomic E-state index is 11.4. The normalized spacial score (nSPS) is 22.8. The number of hydrogen-bond acceptors (Lipinski definition) is 3. The Hall–Kier alpha value is -0.900. The summed E-state index contributed by atoms with van der Waals surface area (Å²) >= 11 is 0. The zero-order chi connectivity index (χ0) is 9.14. The van der Waals surface area contributed by atoms with Crippen LogP contribution in [0, 0.1) is 5.92 Å². The van der Waals surface area contributed by atoms with Gasteiger partial charge in [0.2, 0.25) is 0 Å². The van der Waals surface area contributed by atoms with Gasteiger partial charge in [-0.25, -0.2) is 5.06 Å². The molecule has 0 aromatic heterocycles. The van der Waals surface area contributed by atoms with Crippen LogP contribution in [0.25, 0.3) is 0 Å². The molecule has 0 saturated heterocycles. The van der Waals surface area contributed by atoms with Gasteiger partial charge in [0.1, 0.15) is 5.78 Å². The Kier molecular flexibility index (Phi) is 2.81. The minimum atomic E-state index is -0.449. The fourth-order valence-electron chi connectivity index (χ4n) is 1.39. The highest BCUT2D eigenvalue weighted by Gasteiger charge is 2.32. The van der Waals surface area contributed by atoms with Gasteiger partial charge in [0, 0.05) is 13.5 Å². The number of hydroxylamine groups is 2. The Bertz CT molecular complexity index is 202. The quantitative estimate of drug-likeness (QED) is 0.445. The Morgan fingerprint density at radius 2 is 2.33 bits per heavy atom. The summed E-state index contributed by atoms with van der Waals surface area (Å²) in [4.78, 5) is 27.2. The fraction of sp³-hybridized carbons (Fsp3) is 0.750. The smallest absolute Gasteiger partial charge is 0.256 e. The van der Waals surface area contributed by atoms with Crippen molar-refractivity contribution in [3.8, 4) is 0 Å². The maximum Gasteiger partial charge on any atom is 0.256 e. The second-order valence-electron chi connectivity index (χ2n) is 2.93. The largest absolute Gasteiger partial charge is 0.299 e. The monoisotopic (exact) mass is 171 g/mol. The lowest BCUT2D eigenvalue weighted by atomic mass is 10.1. The number of nitrogens with zero attached hydrogens (tertiary/aromatic N) is 1. The van der Waals surface area contributed by atoms with E-state index >= 15 is 0 Å². The van der Waals surface area contributed by atoms with Crippen molar-refractivity contribution in [3.63, 3.8) is 0 Å². The zero-order valence-electron chi connectivity index (χ0n) is 7.37. The number of carbonyl (C=O) groups excluding carboxylic acids is 2. The Morgan fingerprint density at radius 1 is 1.67 bits per heavy atom. The number of ketones is 1. The van der Waals surface area contributed by atoms with Crippen molar-refractivity contribution in [2.45, 2.75) is 19.3 Å². The van der Waals surface area contributed by atoms with Crippen LogP contribution in [0.1, 0.15) is 19.3 Å². The topological polar surface area (TPSA) is 46.6 Å². The maximum absolute atomic E-state index is 11.4. The molecule has 0 spiro atoms. The number of Topliss-reactive ketones (excluding diaryl/α,β-unsaturated/α-hetero) is 1. The molecule has 0 aromatic carbocycles. The molecule has 1 aliphatic rings. The van der Waals surface area contributed by atoms with Gasteiger partial charge in [-0.2, -0.15) is 0 Å². The summed E-state index contributed by atoms with van der Waals surface area (Å²) in [6.07, 6.45) is 2.03. The summed E-state index contributed by atoms with van der Waals surface area (Å²) < 4.78 is 0. The first-order valence-corrected chi connectivity index (χ1v) is 4.01. The highest BCUT2D eigenvalue weighted by molar-refractivity contribution is 6.02. The third kappa shape index (κ3) is 1.64. The van der Waals surface area contributed by atoms with E-state index in [0.29, 0.717) is 12.8 Å². The predicted octanol–water partition coefficient (Wildman–Crippen LogP) is 0.375. The lowest BCUT2D eigenvalue weighted by molar-refractivity contribution is -0.173. The van der Waals surface area contributed by atoms with E-state index < -0.39 is 5.92 Å². The van der Waals surface area contributed by atoms with Gasteiger partial charge in [-0.1, -0.05) is 0 Å². The summed E-state index contributed by atoms with van der Waals surface area (Å²) in [7, 11) is 2.94. The molecule has 4 nitrogen and oxygen atoms in total. The molecule has 4 heteroatoms. The first-order valence-electron chi connectivity index (χ1n) is 4.01. The van der Waals surface area contributed by atoms with Gasteiger partial charge in [0.05, 0.1) is 13.0 Å². The van der Waals surface area contributed by atoms with Crippen molar-refractivity contribution in [2.75, 3.05) is 14.2 Å². The molecule has 1 atom stereocenters. The molecular weight excluding hydrogens is 158 g/mol. The standard InChI is InChI=1S/C8H13NO3/c1-9(12-2)8(11)6-4-3-5-7(6)10/h6H,3-5H2,1-2H3. The molecule has 1 saturated carbocycles. The van der Waals surface area contributed by atoms with Crippen molar-refractivity contribution < 1.29 is 14.4 Å². The average Bonchev–Trinajstić information content (AvgIpc) is 2.48. The first-order chi connectivity index (χ1) is 5.66. The second kappa shape index (κ2) is 3.67. The van der Waals surface area contributed by atoms with Gasteiger partial charge in [0.25, 0.3) is 5.91 Å². The molecule has 0 aromatic rings. The highest BCUT2D eigenvalue weighted by atomic mass is 16.7. The van der Waals surface area contributed by atoms with Crippen molar-refractivity contribution in [2.24, 2.45) is 5.92 Å². The molecule has 0 radical (unpaired) electrons. The van der Waals surface area contributed by atoms with Gasteiger partial charge in [0.15, 0.2) is 0 Å². The lowest BCUT2D eigenvalue weighted by Gasteiger charge is -2.16. The average molecular weight is 171 g/mol. The molecule has 1 unspecified atom stereocenters. The van der Waals surface area contributed by atoms with Crippen LogP contribution in [-0.4, -0.2) is 30.9 Å². The van der Waals surface area contributed by atoms with Crippen LogP contribution in [0.15, 0.2) is 0 Å². The third-order valence-electron chi connectivity index (χ3n) is 2.19. The second-order valence-corrected chi connectivity index (χ2v) is 2.93. The Labute approximate surface area is 71.4 Å². The van der Waals surface area contributed by atoms with Crippen molar-refractivity contribution in [1.29, 1.82) is 0 Å². The third-order valence-corrected chi connectivity index (χ3v) is 2.19. The molecule has 12 heavy (non-hydrogen) atoms. The molecular formula is C8H13NO3. The van der Waals surface area contributed by atoms with E-state index in [1.807, 2.05) is 0 Å². The summed E-state index contributed by atoms with van der Waals surface area (Å²) in [5.74, 6) is -0.626. The molecule has 0 heterocycles. The van der Waals surface area contributed by atoms with E-state index in [1.54, 1.807) is 0 Å². The molecule has 1 amide bonds. The fourth-order valence-corrected chi connectivity index (χ4v) is 1.39. The predicted molar refractivity (Wildman–Crippen MR) is 42.1 cm³/mol. The van der Waals surface area contributed by atoms with E-state index in [0.717, 1.165) is 11.5 Å². The summed E-state index contributed by atoms with van der Waals surface area (Å²) in [5.41, 5.74) is 0. The van der Waals surface area contributed by atoms with Crippen LogP contribution in [0.3, 0.4) is 0 Å². The highest BCUT2D eigenvalue weighted by Crippen LogP contribution is 2.22. The summed E-state index contributed by atoms with van der Waals surface area (Å²) in [6.45, 7) is 0. The zero-order valence-corrected chi connectivity index (χ0v) is 7.37. The molecule has 1 rings (SSSR count). The number of hydrogen-bond donors (Lipinski definition) is 0. The molecule has 0 N–H and O–H groups in total. The molecule has 0 aliphatic heterocycles. The Morgan fingerprint density at radius 3 is 2.75 bits per heavy atom. The van der Waals surface area contributed by atoms with Crippen LogP contribution in [0.2, 0.25) is 0 Å². The lowest BCUT2D eigenvalue weighted by Crippen LogP contribution is -2.33. The van der Waals surface area contributed by atoms with Crippen LogP contribution >= 0.6 is 0 Å². The SMILES string of the molecule is CON(C)C(=O)C1CCCC1=O. The van der Waals surface area contributed by atoms with Gasteiger partial charge in [-0.05, 0) is 12.8 Å². The van der Waals surface area contributed by atoms with Gasteiger partial charge in [-0.15, -0.1) is 0 Å². The number of amides is 1. The van der Waals surface area contributed by atoms with E-state index in [4.69, 9.17) is 4.84 Å². The number of carbonyl (C=O) groups is 2. The van der Waals surface area contributed by atoms with Crippen molar-refractivity contribution in [3.05, 3.63) is 0 Å². The van der Waals surface area contributed by atoms with Crippen LogP contribution in [0.4, 0.5) is 0 Å². The van der Waals surface area contributed by atoms with Gasteiger partial charge < -0.3 is 0 Å². The summed E-state index contributed by atoms with van der Waals surface area (Å²) in [6, 6.07) is 0. The van der Waals surface area contributed by atoms with E-state index in [1.165, 1.54) is 14.2 Å². The van der Waals surface area contributed by atoms with Gasteiger partial charge in [-0.3, -0.25) is 14.4 Å². The van der Waals surface area contributed by atoms with E-state index in [-0.39, 0.29) is 11.7 Å². The molecule has 1 fully saturated rings. The molecule has 68 valence electrons.